The van der Waals surface area contributed by atoms with Crippen LogP contribution < -0.4 is 14.4 Å². The van der Waals surface area contributed by atoms with Gasteiger partial charge in [0, 0.05) is 13.2 Å². The molecule has 0 aliphatic heterocycles. The van der Waals surface area contributed by atoms with E-state index in [1.165, 1.54) is 6.92 Å². The van der Waals surface area contributed by atoms with Crippen molar-refractivity contribution in [3.8, 4) is 0 Å². The minimum absolute atomic E-state index is 0. The second-order valence-electron chi connectivity index (χ2n) is 1.94. The topological polar surface area (TPSA) is 148 Å². The van der Waals surface area contributed by atoms with Crippen molar-refractivity contribution in [3.63, 3.8) is 0 Å². The van der Waals surface area contributed by atoms with E-state index in [9.17, 15) is 14.4 Å². The van der Waals surface area contributed by atoms with Gasteiger partial charge in [0.25, 0.3) is 0 Å². The zero-order valence-corrected chi connectivity index (χ0v) is 12.5. The Labute approximate surface area is 102 Å². The van der Waals surface area contributed by atoms with Crippen molar-refractivity contribution in [2.24, 2.45) is 0 Å². The number of rotatable bonds is 4. The Balaban J connectivity index is -0.0000000800. The van der Waals surface area contributed by atoms with Crippen molar-refractivity contribution in [2.75, 3.05) is 13.2 Å². The third-order valence-corrected chi connectivity index (χ3v) is 1.98. The van der Waals surface area contributed by atoms with Gasteiger partial charge in [-0.25, -0.2) is 0 Å². The largest absolute Gasteiger partial charge is 3.00 e. The quantitative estimate of drug-likeness (QED) is 0.343. The fraction of sp³-hybridized carbons (Fsp3) is 1.00. The van der Waals surface area contributed by atoms with Gasteiger partial charge in [0.2, 0.25) is 0 Å². The van der Waals surface area contributed by atoms with E-state index >= 15 is 0 Å². The van der Waals surface area contributed by atoms with E-state index in [-0.39, 0.29) is 31.5 Å². The maximum atomic E-state index is 9.51. The summed E-state index contributed by atoms with van der Waals surface area (Å²) >= 11 is 0. The van der Waals surface area contributed by atoms with E-state index in [0.29, 0.717) is 0 Å². The van der Waals surface area contributed by atoms with Crippen LogP contribution in [0, 0.1) is 0 Å². The van der Waals surface area contributed by atoms with Crippen LogP contribution in [0.1, 0.15) is 13.8 Å². The Bertz CT molecular complexity index is 123. The van der Waals surface area contributed by atoms with Crippen LogP contribution in [0.2, 0.25) is 0 Å². The van der Waals surface area contributed by atoms with Crippen LogP contribution in [-0.4, -0.2) is 54.1 Å². The Morgan fingerprint density at radius 2 is 1.25 bits per heavy atom. The zero-order valence-electron chi connectivity index (χ0n) is 9.08. The van der Waals surface area contributed by atoms with Crippen LogP contribution in [-0.2, 0) is 8.85 Å². The van der Waals surface area contributed by atoms with Crippen LogP contribution in [0.5, 0.6) is 0 Å². The van der Waals surface area contributed by atoms with E-state index in [1.807, 2.05) is 0 Å². The van der Waals surface area contributed by atoms with Crippen LogP contribution in [0.15, 0.2) is 0 Å². The second kappa shape index (κ2) is 12.1. The molecule has 8 nitrogen and oxygen atoms in total. The molecule has 3 N–H and O–H groups in total. The molecule has 12 heteroatoms. The first-order valence-corrected chi connectivity index (χ1v) is 7.07. The smallest absolute Gasteiger partial charge is 0.861 e. The van der Waals surface area contributed by atoms with Gasteiger partial charge < -0.3 is 37.6 Å². The summed E-state index contributed by atoms with van der Waals surface area (Å²) in [5, 5.41) is 0. The maximum absolute atomic E-state index is 9.51. The van der Waals surface area contributed by atoms with Crippen molar-refractivity contribution < 1.29 is 37.6 Å². The third kappa shape index (κ3) is 36.5. The summed E-state index contributed by atoms with van der Waals surface area (Å²) in [6.45, 7) is 3.05. The van der Waals surface area contributed by atoms with Crippen molar-refractivity contribution in [2.45, 2.75) is 13.8 Å². The molecule has 16 heavy (non-hydrogen) atoms. The molecule has 0 rings (SSSR count). The first-order chi connectivity index (χ1) is 6.12. The minimum Gasteiger partial charge on any atom is -0.861 e. The van der Waals surface area contributed by atoms with Gasteiger partial charge in [-0.05, 0) is 13.8 Å². The number of hydrogen-bond acceptors (Lipinski definition) is 8. The van der Waals surface area contributed by atoms with Crippen LogP contribution in [0.3, 0.4) is 0 Å². The van der Waals surface area contributed by atoms with Gasteiger partial charge in [-0.2, -0.15) is 9.90 Å². The standard InChI is InChI=1S/C2H8O4Si.C2H5O4Si.B.H3P/c2*1-2-6-7(3,4)5;;/h3-5H,2H2,1H3;2H2,1H3;;1H3/q;-3;+3;. The van der Waals surface area contributed by atoms with Crippen LogP contribution in [0.25, 0.3) is 0 Å². The van der Waals surface area contributed by atoms with E-state index in [2.05, 4.69) is 8.85 Å². The summed E-state index contributed by atoms with van der Waals surface area (Å²) in [6.07, 6.45) is 0. The molecular weight excluding hydrogens is 274 g/mol. The average molecular weight is 290 g/mol. The molecule has 0 aliphatic carbocycles. The summed E-state index contributed by atoms with van der Waals surface area (Å²) in [6, 6.07) is 0. The Kier molecular flexibility index (Phi) is 19.2. The molecule has 0 spiro atoms. The van der Waals surface area contributed by atoms with Crippen molar-refractivity contribution in [1.82, 2.24) is 0 Å². The number of hydrogen-bond donors (Lipinski definition) is 3. The molecule has 0 aliphatic rings. The SMILES string of the molecule is CCO[Si](O)(O)O.CCO[Si]([O-])([O-])[O-].P.[B+3]. The van der Waals surface area contributed by atoms with Crippen LogP contribution >= 0.6 is 9.90 Å². The summed E-state index contributed by atoms with van der Waals surface area (Å²) in [5.74, 6) is 0. The van der Waals surface area contributed by atoms with Gasteiger partial charge in [-0.3, -0.25) is 0 Å². The van der Waals surface area contributed by atoms with Gasteiger partial charge in [-0.15, -0.1) is 9.05 Å². The molecule has 0 amide bonds. The van der Waals surface area contributed by atoms with Gasteiger partial charge in [0.15, 0.2) is 0 Å². The molecule has 0 fully saturated rings. The first kappa shape index (κ1) is 25.5. The second-order valence-corrected chi connectivity index (χ2v) is 4.66. The minimum atomic E-state index is -4.91. The van der Waals surface area contributed by atoms with Crippen LogP contribution in [0.4, 0.5) is 0 Å². The van der Waals surface area contributed by atoms with Gasteiger partial charge in [0.1, 0.15) is 0 Å². The molecule has 0 aromatic heterocycles. The van der Waals surface area contributed by atoms with Crippen molar-refractivity contribution >= 4 is 36.4 Å². The van der Waals surface area contributed by atoms with Gasteiger partial charge in [-0.1, -0.05) is 0 Å². The summed E-state index contributed by atoms with van der Waals surface area (Å²) < 4.78 is 7.74. The predicted molar refractivity (Wildman–Crippen MR) is 58.3 cm³/mol. The summed E-state index contributed by atoms with van der Waals surface area (Å²) in [7, 11) is -9.06. The van der Waals surface area contributed by atoms with Gasteiger partial charge in [0.05, 0.1) is 0 Å². The Hall–Kier alpha value is 0.609. The van der Waals surface area contributed by atoms with Gasteiger partial charge >= 0.3 is 17.5 Å². The Morgan fingerprint density at radius 1 is 0.938 bits per heavy atom. The molecule has 0 radical (unpaired) electrons. The molecule has 0 bridgehead atoms. The molecule has 0 saturated carbocycles. The average Bonchev–Trinajstić information content (AvgIpc) is 1.81. The summed E-state index contributed by atoms with van der Waals surface area (Å²) in [5.41, 5.74) is 0. The molecule has 96 valence electrons. The first-order valence-electron chi connectivity index (χ1n) is 3.68. The Morgan fingerprint density at radius 3 is 1.25 bits per heavy atom. The van der Waals surface area contributed by atoms with E-state index in [4.69, 9.17) is 14.4 Å². The molecule has 0 aromatic rings. The monoisotopic (exact) mass is 290 g/mol. The van der Waals surface area contributed by atoms with Crippen molar-refractivity contribution in [3.05, 3.63) is 0 Å². The molecule has 1 unspecified atom stereocenters. The normalized spacial score (nSPS) is 10.5. The fourth-order valence-corrected chi connectivity index (χ4v) is 1.11. The maximum Gasteiger partial charge on any atom is 3.00 e. The molecule has 0 heterocycles. The predicted octanol–water partition coefficient (Wildman–Crippen LogP) is -5.35. The summed E-state index contributed by atoms with van der Waals surface area (Å²) in [4.78, 5) is 52.7. The van der Waals surface area contributed by atoms with E-state index in [1.54, 1.807) is 6.92 Å². The van der Waals surface area contributed by atoms with E-state index < -0.39 is 18.1 Å². The molecular formula is C4H16BO8PSi2. The molecule has 0 aromatic carbocycles. The third-order valence-electron chi connectivity index (χ3n) is 0.659. The molecule has 0 saturated heterocycles. The fourth-order valence-electron chi connectivity index (χ4n) is 0.370. The molecule has 1 atom stereocenters. The van der Waals surface area contributed by atoms with E-state index in [0.717, 1.165) is 0 Å². The zero-order chi connectivity index (χ0) is 11.8. The van der Waals surface area contributed by atoms with Crippen molar-refractivity contribution in [1.29, 1.82) is 0 Å².